The number of esters is 1. The van der Waals surface area contributed by atoms with Gasteiger partial charge in [-0.25, -0.2) is 4.68 Å². The summed E-state index contributed by atoms with van der Waals surface area (Å²) in [5, 5.41) is 5.05. The minimum absolute atomic E-state index is 0.122. The van der Waals surface area contributed by atoms with Gasteiger partial charge in [0.2, 0.25) is 0 Å². The average Bonchev–Trinajstić information content (AvgIpc) is 2.74. The van der Waals surface area contributed by atoms with E-state index in [0.29, 0.717) is 9.04 Å². The second kappa shape index (κ2) is 5.93. The molecule has 0 spiro atoms. The third-order valence-corrected chi connectivity index (χ3v) is 4.02. The Morgan fingerprint density at radius 2 is 2.25 bits per heavy atom. The molecule has 0 fully saturated rings. The molecule has 5 nitrogen and oxygen atoms in total. The lowest BCUT2D eigenvalue weighted by molar-refractivity contribution is -0.144. The van der Waals surface area contributed by atoms with Crippen molar-refractivity contribution in [1.29, 1.82) is 0 Å². The molecule has 0 bridgehead atoms. The van der Waals surface area contributed by atoms with Gasteiger partial charge in [-0.3, -0.25) is 9.59 Å². The first-order chi connectivity index (χ1) is 9.43. The molecule has 0 saturated carbocycles. The maximum atomic E-state index is 12.3. The Morgan fingerprint density at radius 3 is 2.85 bits per heavy atom. The molecular formula is C13H15ClN2O3S. The quantitative estimate of drug-likeness (QED) is 0.814. The number of rotatable bonds is 4. The van der Waals surface area contributed by atoms with Gasteiger partial charge in [-0.15, -0.1) is 11.3 Å². The fourth-order valence-electron chi connectivity index (χ4n) is 1.92. The summed E-state index contributed by atoms with van der Waals surface area (Å²) in [6.45, 7) is 5.77. The SMILES string of the molecule is CCOC(=O)Cn1nc(C(C)C)c2cc(Cl)sc2c1=O. The van der Waals surface area contributed by atoms with E-state index in [1.165, 1.54) is 11.3 Å². The number of nitrogens with zero attached hydrogens (tertiary/aromatic N) is 2. The number of aromatic nitrogens is 2. The van der Waals surface area contributed by atoms with E-state index in [1.807, 2.05) is 13.8 Å². The van der Waals surface area contributed by atoms with Crippen LogP contribution in [-0.4, -0.2) is 22.4 Å². The van der Waals surface area contributed by atoms with Gasteiger partial charge in [0.1, 0.15) is 11.2 Å². The molecule has 0 unspecified atom stereocenters. The van der Waals surface area contributed by atoms with Crippen molar-refractivity contribution in [1.82, 2.24) is 9.78 Å². The van der Waals surface area contributed by atoms with Crippen LogP contribution in [0.1, 0.15) is 32.4 Å². The highest BCUT2D eigenvalue weighted by Gasteiger charge is 2.17. The van der Waals surface area contributed by atoms with Gasteiger partial charge in [0, 0.05) is 5.39 Å². The lowest BCUT2D eigenvalue weighted by Gasteiger charge is -2.10. The van der Waals surface area contributed by atoms with E-state index in [9.17, 15) is 9.59 Å². The Hall–Kier alpha value is -1.40. The zero-order valence-corrected chi connectivity index (χ0v) is 13.0. The summed E-state index contributed by atoms with van der Waals surface area (Å²) in [5.74, 6) is -0.351. The molecule has 0 N–H and O–H groups in total. The van der Waals surface area contributed by atoms with E-state index in [1.54, 1.807) is 13.0 Å². The number of hydrogen-bond acceptors (Lipinski definition) is 5. The molecule has 0 amide bonds. The molecule has 0 aliphatic carbocycles. The summed E-state index contributed by atoms with van der Waals surface area (Å²) in [6.07, 6.45) is 0. The van der Waals surface area contributed by atoms with Crippen LogP contribution in [0.2, 0.25) is 4.34 Å². The second-order valence-electron chi connectivity index (χ2n) is 4.60. The summed E-state index contributed by atoms with van der Waals surface area (Å²) in [4.78, 5) is 23.8. The molecule has 2 aromatic rings. The number of carbonyl (C=O) groups is 1. The molecule has 20 heavy (non-hydrogen) atoms. The normalized spacial score (nSPS) is 11.2. The Labute approximate surface area is 125 Å². The van der Waals surface area contributed by atoms with Crippen LogP contribution < -0.4 is 5.56 Å². The fraction of sp³-hybridized carbons (Fsp3) is 0.462. The Kier molecular flexibility index (Phi) is 4.45. The predicted molar refractivity (Wildman–Crippen MR) is 79.6 cm³/mol. The van der Waals surface area contributed by atoms with Crippen molar-refractivity contribution < 1.29 is 9.53 Å². The largest absolute Gasteiger partial charge is 0.465 e. The van der Waals surface area contributed by atoms with Gasteiger partial charge in [0.25, 0.3) is 5.56 Å². The van der Waals surface area contributed by atoms with Crippen molar-refractivity contribution in [2.24, 2.45) is 0 Å². The molecule has 0 aromatic carbocycles. The third-order valence-electron chi connectivity index (χ3n) is 2.77. The van der Waals surface area contributed by atoms with E-state index in [0.717, 1.165) is 15.8 Å². The summed E-state index contributed by atoms with van der Waals surface area (Å²) in [7, 11) is 0. The van der Waals surface area contributed by atoms with Crippen LogP contribution in [0, 0.1) is 0 Å². The Morgan fingerprint density at radius 1 is 1.55 bits per heavy atom. The van der Waals surface area contributed by atoms with Gasteiger partial charge < -0.3 is 4.74 Å². The van der Waals surface area contributed by atoms with E-state index in [4.69, 9.17) is 16.3 Å². The molecule has 0 radical (unpaired) electrons. The fourth-order valence-corrected chi connectivity index (χ4v) is 3.10. The van der Waals surface area contributed by atoms with Crippen LogP contribution in [0.4, 0.5) is 0 Å². The predicted octanol–water partition coefficient (Wildman–Crippen LogP) is 2.80. The van der Waals surface area contributed by atoms with Crippen molar-refractivity contribution in [3.8, 4) is 0 Å². The number of thiophene rings is 1. The molecule has 0 saturated heterocycles. The zero-order chi connectivity index (χ0) is 14.9. The molecule has 2 heterocycles. The van der Waals surface area contributed by atoms with Gasteiger partial charge in [0.05, 0.1) is 16.6 Å². The van der Waals surface area contributed by atoms with Gasteiger partial charge in [-0.1, -0.05) is 25.4 Å². The monoisotopic (exact) mass is 314 g/mol. The van der Waals surface area contributed by atoms with E-state index in [2.05, 4.69) is 5.10 Å². The van der Waals surface area contributed by atoms with Gasteiger partial charge in [-0.05, 0) is 18.9 Å². The van der Waals surface area contributed by atoms with Gasteiger partial charge in [0.15, 0.2) is 0 Å². The molecule has 0 aliphatic rings. The van der Waals surface area contributed by atoms with E-state index in [-0.39, 0.29) is 24.6 Å². The van der Waals surface area contributed by atoms with Crippen molar-refractivity contribution >= 4 is 39.0 Å². The first kappa shape index (κ1) is 15.0. The minimum Gasteiger partial charge on any atom is -0.465 e. The smallest absolute Gasteiger partial charge is 0.327 e. The molecule has 0 atom stereocenters. The van der Waals surface area contributed by atoms with E-state index < -0.39 is 5.97 Å². The summed E-state index contributed by atoms with van der Waals surface area (Å²) in [6, 6.07) is 1.75. The van der Waals surface area contributed by atoms with Crippen LogP contribution in [0.15, 0.2) is 10.9 Å². The summed E-state index contributed by atoms with van der Waals surface area (Å²) < 4.78 is 7.08. The molecule has 108 valence electrons. The van der Waals surface area contributed by atoms with E-state index >= 15 is 0 Å². The number of halogens is 1. The number of carbonyl (C=O) groups excluding carboxylic acids is 1. The topological polar surface area (TPSA) is 61.2 Å². The highest BCUT2D eigenvalue weighted by atomic mass is 35.5. The Bertz CT molecular complexity index is 705. The summed E-state index contributed by atoms with van der Waals surface area (Å²) >= 11 is 7.20. The van der Waals surface area contributed by atoms with Crippen LogP contribution in [0.25, 0.3) is 10.1 Å². The number of fused-ring (bicyclic) bond motifs is 1. The molecule has 2 rings (SSSR count). The van der Waals surface area contributed by atoms with Crippen LogP contribution >= 0.6 is 22.9 Å². The first-order valence-corrected chi connectivity index (χ1v) is 7.49. The number of ether oxygens (including phenoxy) is 1. The lowest BCUT2D eigenvalue weighted by atomic mass is 10.1. The van der Waals surface area contributed by atoms with Crippen LogP contribution in [0.5, 0.6) is 0 Å². The van der Waals surface area contributed by atoms with Gasteiger partial charge >= 0.3 is 5.97 Å². The van der Waals surface area contributed by atoms with Crippen molar-refractivity contribution in [2.45, 2.75) is 33.2 Å². The van der Waals surface area contributed by atoms with Crippen molar-refractivity contribution in [3.63, 3.8) is 0 Å². The highest BCUT2D eigenvalue weighted by Crippen LogP contribution is 2.31. The molecular weight excluding hydrogens is 300 g/mol. The van der Waals surface area contributed by atoms with Crippen molar-refractivity contribution in [3.05, 3.63) is 26.5 Å². The van der Waals surface area contributed by atoms with Crippen LogP contribution in [-0.2, 0) is 16.1 Å². The molecule has 7 heteroatoms. The van der Waals surface area contributed by atoms with Crippen molar-refractivity contribution in [2.75, 3.05) is 6.61 Å². The highest BCUT2D eigenvalue weighted by molar-refractivity contribution is 7.22. The standard InChI is InChI=1S/C13H15ClN2O3S/c1-4-19-10(17)6-16-13(18)12-8(5-9(14)20-12)11(15-16)7(2)3/h5,7H,4,6H2,1-3H3. The summed E-state index contributed by atoms with van der Waals surface area (Å²) in [5.41, 5.74) is 0.446. The minimum atomic E-state index is -0.473. The maximum absolute atomic E-state index is 12.3. The maximum Gasteiger partial charge on any atom is 0.327 e. The average molecular weight is 315 g/mol. The lowest BCUT2D eigenvalue weighted by Crippen LogP contribution is -2.28. The first-order valence-electron chi connectivity index (χ1n) is 6.29. The van der Waals surface area contributed by atoms with Gasteiger partial charge in [-0.2, -0.15) is 5.10 Å². The number of hydrogen-bond donors (Lipinski definition) is 0. The Balaban J connectivity index is 2.58. The van der Waals surface area contributed by atoms with Crippen LogP contribution in [0.3, 0.4) is 0 Å². The zero-order valence-electron chi connectivity index (χ0n) is 11.5. The molecule has 2 aromatic heterocycles. The second-order valence-corrected chi connectivity index (χ2v) is 6.28. The molecule has 0 aliphatic heterocycles. The third kappa shape index (κ3) is 2.86.